The molecule has 1 saturated heterocycles. The standard InChI is InChI=1S/C10H18N2O4/c1-9(2,3)16-12(7-13)10(8(14)15)4-5-11-6-10/h7,11H,4-6H2,1-3H3,(H,14,15). The molecule has 0 aromatic rings. The molecule has 6 heteroatoms. The maximum atomic E-state index is 11.3. The molecule has 1 heterocycles. The molecule has 0 aromatic carbocycles. The lowest BCUT2D eigenvalue weighted by Gasteiger charge is -2.37. The van der Waals surface area contributed by atoms with Crippen LogP contribution in [0.3, 0.4) is 0 Å². The maximum absolute atomic E-state index is 11.3. The number of aliphatic carboxylic acids is 1. The molecule has 1 aliphatic heterocycles. The van der Waals surface area contributed by atoms with Gasteiger partial charge in [0.25, 0.3) is 0 Å². The van der Waals surface area contributed by atoms with Gasteiger partial charge in [-0.3, -0.25) is 9.63 Å². The van der Waals surface area contributed by atoms with Crippen molar-refractivity contribution < 1.29 is 19.5 Å². The molecule has 0 aliphatic carbocycles. The van der Waals surface area contributed by atoms with Gasteiger partial charge >= 0.3 is 5.97 Å². The zero-order valence-electron chi connectivity index (χ0n) is 9.82. The number of rotatable bonds is 4. The lowest BCUT2D eigenvalue weighted by atomic mass is 9.99. The summed E-state index contributed by atoms with van der Waals surface area (Å²) in [7, 11) is 0. The van der Waals surface area contributed by atoms with Crippen LogP contribution in [0.1, 0.15) is 27.2 Å². The van der Waals surface area contributed by atoms with Gasteiger partial charge in [-0.25, -0.2) is 9.86 Å². The van der Waals surface area contributed by atoms with Gasteiger partial charge < -0.3 is 10.4 Å². The smallest absolute Gasteiger partial charge is 0.333 e. The van der Waals surface area contributed by atoms with E-state index in [0.29, 0.717) is 19.4 Å². The molecular formula is C10H18N2O4. The first-order valence-corrected chi connectivity index (χ1v) is 5.20. The Kier molecular flexibility index (Phi) is 3.54. The van der Waals surface area contributed by atoms with Crippen molar-refractivity contribution in [1.82, 2.24) is 10.4 Å². The Balaban J connectivity index is 2.91. The lowest BCUT2D eigenvalue weighted by Crippen LogP contribution is -2.57. The second kappa shape index (κ2) is 4.39. The van der Waals surface area contributed by atoms with Crippen LogP contribution in [-0.4, -0.2) is 46.8 Å². The number of carbonyl (C=O) groups is 2. The molecule has 1 amide bonds. The molecule has 0 aromatic heterocycles. The van der Waals surface area contributed by atoms with Gasteiger partial charge in [0, 0.05) is 6.54 Å². The molecule has 16 heavy (non-hydrogen) atoms. The summed E-state index contributed by atoms with van der Waals surface area (Å²) in [6, 6.07) is 0. The minimum absolute atomic E-state index is 0.206. The van der Waals surface area contributed by atoms with E-state index in [1.165, 1.54) is 0 Å². The molecule has 1 fully saturated rings. The van der Waals surface area contributed by atoms with Crippen LogP contribution in [-0.2, 0) is 14.4 Å². The highest BCUT2D eigenvalue weighted by Gasteiger charge is 2.48. The van der Waals surface area contributed by atoms with E-state index >= 15 is 0 Å². The molecule has 0 spiro atoms. The van der Waals surface area contributed by atoms with Crippen LogP contribution in [0.2, 0.25) is 0 Å². The number of hydrogen-bond donors (Lipinski definition) is 2. The molecule has 0 radical (unpaired) electrons. The van der Waals surface area contributed by atoms with Crippen molar-refractivity contribution in [3.63, 3.8) is 0 Å². The van der Waals surface area contributed by atoms with Crippen molar-refractivity contribution in [2.45, 2.75) is 38.3 Å². The van der Waals surface area contributed by atoms with Gasteiger partial charge in [-0.05, 0) is 33.7 Å². The normalized spacial score (nSPS) is 25.4. The van der Waals surface area contributed by atoms with Crippen LogP contribution in [0.5, 0.6) is 0 Å². The summed E-state index contributed by atoms with van der Waals surface area (Å²) < 4.78 is 0. The fraction of sp³-hybridized carbons (Fsp3) is 0.800. The predicted molar refractivity (Wildman–Crippen MR) is 56.6 cm³/mol. The Morgan fingerprint density at radius 2 is 2.19 bits per heavy atom. The Morgan fingerprint density at radius 1 is 1.56 bits per heavy atom. The highest BCUT2D eigenvalue weighted by atomic mass is 16.7. The molecule has 1 atom stereocenters. The van der Waals surface area contributed by atoms with Gasteiger partial charge in [-0.15, -0.1) is 0 Å². The summed E-state index contributed by atoms with van der Waals surface area (Å²) in [4.78, 5) is 27.7. The average molecular weight is 230 g/mol. The molecule has 1 aliphatic rings. The van der Waals surface area contributed by atoms with E-state index in [1.54, 1.807) is 20.8 Å². The first-order valence-electron chi connectivity index (χ1n) is 5.20. The van der Waals surface area contributed by atoms with Crippen molar-refractivity contribution in [1.29, 1.82) is 0 Å². The van der Waals surface area contributed by atoms with Crippen molar-refractivity contribution in [3.05, 3.63) is 0 Å². The molecule has 92 valence electrons. The number of amides is 1. The van der Waals surface area contributed by atoms with E-state index in [-0.39, 0.29) is 6.54 Å². The van der Waals surface area contributed by atoms with Crippen molar-refractivity contribution in [2.75, 3.05) is 13.1 Å². The third-order valence-electron chi connectivity index (χ3n) is 2.42. The van der Waals surface area contributed by atoms with Gasteiger partial charge in [0.05, 0.1) is 5.60 Å². The summed E-state index contributed by atoms with van der Waals surface area (Å²) in [5.74, 6) is -1.05. The number of nitrogens with one attached hydrogen (secondary N) is 1. The van der Waals surface area contributed by atoms with Crippen LogP contribution in [0.4, 0.5) is 0 Å². The van der Waals surface area contributed by atoms with Crippen molar-refractivity contribution in [3.8, 4) is 0 Å². The summed E-state index contributed by atoms with van der Waals surface area (Å²) in [6.07, 6.45) is 0.781. The molecule has 0 saturated carbocycles. The largest absolute Gasteiger partial charge is 0.479 e. The SMILES string of the molecule is CC(C)(C)ON(C=O)C1(C(=O)O)CCNC1. The van der Waals surface area contributed by atoms with E-state index in [4.69, 9.17) is 4.84 Å². The summed E-state index contributed by atoms with van der Waals surface area (Å²) in [5.41, 5.74) is -1.89. The predicted octanol–water partition coefficient (Wildman–Crippen LogP) is -0.00840. The highest BCUT2D eigenvalue weighted by molar-refractivity contribution is 5.82. The summed E-state index contributed by atoms with van der Waals surface area (Å²) >= 11 is 0. The summed E-state index contributed by atoms with van der Waals surface area (Å²) in [6.45, 7) is 6.06. The van der Waals surface area contributed by atoms with Crippen LogP contribution in [0.15, 0.2) is 0 Å². The van der Waals surface area contributed by atoms with E-state index in [0.717, 1.165) is 5.06 Å². The highest BCUT2D eigenvalue weighted by Crippen LogP contribution is 2.25. The molecular weight excluding hydrogens is 212 g/mol. The van der Waals surface area contributed by atoms with Gasteiger partial charge in [0.15, 0.2) is 5.54 Å². The number of carbonyl (C=O) groups excluding carboxylic acids is 1. The third kappa shape index (κ3) is 2.51. The number of carboxylic acids is 1. The second-order valence-electron chi connectivity index (χ2n) is 4.90. The van der Waals surface area contributed by atoms with E-state index in [9.17, 15) is 14.7 Å². The topological polar surface area (TPSA) is 78.9 Å². The monoisotopic (exact) mass is 230 g/mol. The van der Waals surface area contributed by atoms with Gasteiger partial charge in [0.2, 0.25) is 6.41 Å². The molecule has 2 N–H and O–H groups in total. The fourth-order valence-electron chi connectivity index (χ4n) is 1.65. The average Bonchev–Trinajstić information content (AvgIpc) is 2.62. The summed E-state index contributed by atoms with van der Waals surface area (Å²) in [5, 5.41) is 13.1. The van der Waals surface area contributed by atoms with Crippen molar-refractivity contribution in [2.24, 2.45) is 0 Å². The fourth-order valence-corrected chi connectivity index (χ4v) is 1.65. The number of hydrogen-bond acceptors (Lipinski definition) is 4. The van der Waals surface area contributed by atoms with Crippen LogP contribution < -0.4 is 5.32 Å². The molecule has 1 rings (SSSR count). The Hall–Kier alpha value is -1.14. The molecule has 0 bridgehead atoms. The van der Waals surface area contributed by atoms with Gasteiger partial charge in [-0.1, -0.05) is 0 Å². The van der Waals surface area contributed by atoms with E-state index in [2.05, 4.69) is 5.32 Å². The Morgan fingerprint density at radius 3 is 2.50 bits per heavy atom. The Bertz CT molecular complexity index is 279. The van der Waals surface area contributed by atoms with Crippen LogP contribution in [0.25, 0.3) is 0 Å². The molecule has 1 unspecified atom stereocenters. The number of carboxylic acid groups (broad SMARTS) is 1. The van der Waals surface area contributed by atoms with Crippen LogP contribution >= 0.6 is 0 Å². The van der Waals surface area contributed by atoms with E-state index < -0.39 is 17.1 Å². The zero-order valence-corrected chi connectivity index (χ0v) is 9.82. The zero-order chi connectivity index (χ0) is 12.4. The first-order chi connectivity index (χ1) is 7.32. The van der Waals surface area contributed by atoms with E-state index in [1.807, 2.05) is 0 Å². The quantitative estimate of drug-likeness (QED) is 0.524. The second-order valence-corrected chi connectivity index (χ2v) is 4.90. The number of hydroxylamine groups is 2. The minimum atomic E-state index is -1.28. The maximum Gasteiger partial charge on any atom is 0.333 e. The Labute approximate surface area is 94.5 Å². The third-order valence-corrected chi connectivity index (χ3v) is 2.42. The number of nitrogens with zero attached hydrogens (tertiary/aromatic N) is 1. The molecule has 6 nitrogen and oxygen atoms in total. The van der Waals surface area contributed by atoms with Gasteiger partial charge in [-0.2, -0.15) is 0 Å². The lowest BCUT2D eigenvalue weighted by molar-refractivity contribution is -0.253. The first kappa shape index (κ1) is 12.9. The van der Waals surface area contributed by atoms with Crippen molar-refractivity contribution >= 4 is 12.4 Å². The van der Waals surface area contributed by atoms with Gasteiger partial charge in [0.1, 0.15) is 0 Å². The minimum Gasteiger partial charge on any atom is -0.479 e. The van der Waals surface area contributed by atoms with Crippen LogP contribution in [0, 0.1) is 0 Å².